The topological polar surface area (TPSA) is 59.1 Å². The number of hydrogen-bond donors (Lipinski definition) is 2. The summed E-state index contributed by atoms with van der Waals surface area (Å²) < 4.78 is 31.7. The van der Waals surface area contributed by atoms with Crippen molar-refractivity contribution in [1.29, 1.82) is 0 Å². The van der Waals surface area contributed by atoms with Crippen molar-refractivity contribution >= 4 is 17.3 Å². The van der Waals surface area contributed by atoms with Crippen LogP contribution in [-0.2, 0) is 6.54 Å². The molecular formula is C19H18F2N4O. The van der Waals surface area contributed by atoms with Crippen LogP contribution < -0.4 is 15.4 Å². The quantitative estimate of drug-likeness (QED) is 0.684. The highest BCUT2D eigenvalue weighted by molar-refractivity contribution is 5.59. The third-order valence-electron chi connectivity index (χ3n) is 3.68. The Bertz CT molecular complexity index is 918. The van der Waals surface area contributed by atoms with Crippen LogP contribution in [0.3, 0.4) is 0 Å². The second-order valence-electron chi connectivity index (χ2n) is 5.60. The number of methoxy groups -OCH3 is 1. The van der Waals surface area contributed by atoms with Gasteiger partial charge < -0.3 is 15.4 Å². The molecule has 26 heavy (non-hydrogen) atoms. The molecule has 0 amide bonds. The molecule has 2 N–H and O–H groups in total. The maximum atomic E-state index is 13.3. The number of benzene rings is 2. The van der Waals surface area contributed by atoms with E-state index < -0.39 is 11.6 Å². The fourth-order valence-corrected chi connectivity index (χ4v) is 2.48. The summed E-state index contributed by atoms with van der Waals surface area (Å²) in [4.78, 5) is 8.61. The average Bonchev–Trinajstić information content (AvgIpc) is 2.63. The molecule has 5 nitrogen and oxygen atoms in total. The summed E-state index contributed by atoms with van der Waals surface area (Å²) in [5, 5.41) is 6.17. The molecule has 2 aromatic carbocycles. The predicted molar refractivity (Wildman–Crippen MR) is 96.7 cm³/mol. The molecule has 0 radical (unpaired) electrons. The summed E-state index contributed by atoms with van der Waals surface area (Å²) in [6, 6.07) is 13.0. The molecule has 0 unspecified atom stereocenters. The zero-order chi connectivity index (χ0) is 18.5. The summed E-state index contributed by atoms with van der Waals surface area (Å²) in [7, 11) is 1.62. The Labute approximate surface area is 150 Å². The van der Waals surface area contributed by atoms with E-state index in [2.05, 4.69) is 20.6 Å². The van der Waals surface area contributed by atoms with Gasteiger partial charge in [-0.3, -0.25) is 0 Å². The molecule has 0 spiro atoms. The smallest absolute Gasteiger partial charge is 0.160 e. The summed E-state index contributed by atoms with van der Waals surface area (Å²) in [6.45, 7) is 2.27. The van der Waals surface area contributed by atoms with Crippen molar-refractivity contribution in [2.24, 2.45) is 0 Å². The number of aryl methyl sites for hydroxylation is 1. The highest BCUT2D eigenvalue weighted by Crippen LogP contribution is 2.21. The first-order valence-corrected chi connectivity index (χ1v) is 7.98. The lowest BCUT2D eigenvalue weighted by Crippen LogP contribution is -2.06. The number of hydrogen-bond acceptors (Lipinski definition) is 5. The third kappa shape index (κ3) is 4.24. The van der Waals surface area contributed by atoms with E-state index >= 15 is 0 Å². The van der Waals surface area contributed by atoms with Crippen LogP contribution in [0.5, 0.6) is 5.75 Å². The predicted octanol–water partition coefficient (Wildman–Crippen LogP) is 4.43. The number of halogens is 2. The van der Waals surface area contributed by atoms with Gasteiger partial charge >= 0.3 is 0 Å². The van der Waals surface area contributed by atoms with E-state index in [1.165, 1.54) is 6.07 Å². The Kier molecular flexibility index (Phi) is 5.26. The van der Waals surface area contributed by atoms with Gasteiger partial charge in [0.25, 0.3) is 0 Å². The number of para-hydroxylation sites is 1. The van der Waals surface area contributed by atoms with E-state index in [4.69, 9.17) is 4.74 Å². The van der Waals surface area contributed by atoms with Crippen molar-refractivity contribution in [3.05, 3.63) is 71.6 Å². The zero-order valence-electron chi connectivity index (χ0n) is 14.4. The molecule has 3 rings (SSSR count). The van der Waals surface area contributed by atoms with Gasteiger partial charge in [0.15, 0.2) is 11.6 Å². The molecule has 0 saturated carbocycles. The van der Waals surface area contributed by atoms with E-state index in [1.807, 2.05) is 24.3 Å². The number of nitrogens with zero attached hydrogens (tertiary/aromatic N) is 2. The lowest BCUT2D eigenvalue weighted by molar-refractivity contribution is 0.410. The van der Waals surface area contributed by atoms with E-state index in [0.29, 0.717) is 29.7 Å². The van der Waals surface area contributed by atoms with Crippen LogP contribution in [0.15, 0.2) is 48.5 Å². The molecule has 0 saturated heterocycles. The second-order valence-corrected chi connectivity index (χ2v) is 5.60. The molecular weight excluding hydrogens is 338 g/mol. The SMILES string of the molecule is COc1ccccc1CNc1cc(Nc2ccc(F)c(F)c2)nc(C)n1. The van der Waals surface area contributed by atoms with Crippen molar-refractivity contribution in [2.75, 3.05) is 17.7 Å². The molecule has 7 heteroatoms. The maximum Gasteiger partial charge on any atom is 0.160 e. The largest absolute Gasteiger partial charge is 0.496 e. The fraction of sp³-hybridized carbons (Fsp3) is 0.158. The normalized spacial score (nSPS) is 10.5. The lowest BCUT2D eigenvalue weighted by Gasteiger charge is -2.12. The average molecular weight is 356 g/mol. The maximum absolute atomic E-state index is 13.3. The first-order valence-electron chi connectivity index (χ1n) is 7.98. The zero-order valence-corrected chi connectivity index (χ0v) is 14.4. The van der Waals surface area contributed by atoms with Crippen LogP contribution >= 0.6 is 0 Å². The van der Waals surface area contributed by atoms with Gasteiger partial charge in [0.1, 0.15) is 23.2 Å². The first-order chi connectivity index (χ1) is 12.5. The molecule has 0 aliphatic carbocycles. The summed E-state index contributed by atoms with van der Waals surface area (Å²) in [5.74, 6) is 0.592. The highest BCUT2D eigenvalue weighted by Gasteiger charge is 2.07. The van der Waals surface area contributed by atoms with E-state index in [0.717, 1.165) is 23.4 Å². The standard InChI is InChI=1S/C19H18F2N4O/c1-12-23-18(22-11-13-5-3-4-6-17(13)26-2)10-19(24-12)25-14-7-8-15(20)16(21)9-14/h3-10H,11H2,1-2H3,(H2,22,23,24,25). The summed E-state index contributed by atoms with van der Waals surface area (Å²) in [6.07, 6.45) is 0. The molecule has 0 aliphatic heterocycles. The summed E-state index contributed by atoms with van der Waals surface area (Å²) in [5.41, 5.74) is 1.39. The van der Waals surface area contributed by atoms with Crippen LogP contribution in [0.2, 0.25) is 0 Å². The van der Waals surface area contributed by atoms with Crippen molar-refractivity contribution in [3.63, 3.8) is 0 Å². The Balaban J connectivity index is 1.76. The molecule has 0 aliphatic rings. The first kappa shape index (κ1) is 17.6. The number of aromatic nitrogens is 2. The Hall–Kier alpha value is -3.22. The van der Waals surface area contributed by atoms with Crippen molar-refractivity contribution in [3.8, 4) is 5.75 Å². The van der Waals surface area contributed by atoms with Gasteiger partial charge in [-0.1, -0.05) is 18.2 Å². The van der Waals surface area contributed by atoms with Crippen LogP contribution in [0.4, 0.5) is 26.1 Å². The van der Waals surface area contributed by atoms with E-state index in [-0.39, 0.29) is 0 Å². The molecule has 1 heterocycles. The molecule has 0 fully saturated rings. The van der Waals surface area contributed by atoms with Gasteiger partial charge in [-0.05, 0) is 25.1 Å². The Morgan fingerprint density at radius 3 is 2.50 bits per heavy atom. The minimum atomic E-state index is -0.921. The highest BCUT2D eigenvalue weighted by atomic mass is 19.2. The van der Waals surface area contributed by atoms with E-state index in [9.17, 15) is 8.78 Å². The van der Waals surface area contributed by atoms with Crippen LogP contribution in [-0.4, -0.2) is 17.1 Å². The molecule has 1 aromatic heterocycles. The number of anilines is 3. The molecule has 0 bridgehead atoms. The minimum Gasteiger partial charge on any atom is -0.496 e. The van der Waals surface area contributed by atoms with Gasteiger partial charge in [-0.15, -0.1) is 0 Å². The third-order valence-corrected chi connectivity index (χ3v) is 3.68. The van der Waals surface area contributed by atoms with Gasteiger partial charge in [-0.25, -0.2) is 18.7 Å². The van der Waals surface area contributed by atoms with Gasteiger partial charge in [0, 0.05) is 29.9 Å². The van der Waals surface area contributed by atoms with Crippen molar-refractivity contribution in [2.45, 2.75) is 13.5 Å². The van der Waals surface area contributed by atoms with Gasteiger partial charge in [0.2, 0.25) is 0 Å². The Morgan fingerprint density at radius 1 is 0.962 bits per heavy atom. The van der Waals surface area contributed by atoms with Gasteiger partial charge in [-0.2, -0.15) is 0 Å². The molecule has 134 valence electrons. The fourth-order valence-electron chi connectivity index (χ4n) is 2.48. The number of rotatable bonds is 6. The number of nitrogens with one attached hydrogen (secondary N) is 2. The van der Waals surface area contributed by atoms with Crippen LogP contribution in [0.25, 0.3) is 0 Å². The lowest BCUT2D eigenvalue weighted by atomic mass is 10.2. The molecule has 3 aromatic rings. The van der Waals surface area contributed by atoms with E-state index in [1.54, 1.807) is 20.1 Å². The summed E-state index contributed by atoms with van der Waals surface area (Å²) >= 11 is 0. The minimum absolute atomic E-state index is 0.401. The Morgan fingerprint density at radius 2 is 1.73 bits per heavy atom. The van der Waals surface area contributed by atoms with Crippen molar-refractivity contribution in [1.82, 2.24) is 9.97 Å². The second kappa shape index (κ2) is 7.77. The van der Waals surface area contributed by atoms with Crippen molar-refractivity contribution < 1.29 is 13.5 Å². The molecule has 0 atom stereocenters. The van der Waals surface area contributed by atoms with Crippen LogP contribution in [0, 0.1) is 18.6 Å². The van der Waals surface area contributed by atoms with Crippen LogP contribution in [0.1, 0.15) is 11.4 Å². The monoisotopic (exact) mass is 356 g/mol. The van der Waals surface area contributed by atoms with Gasteiger partial charge in [0.05, 0.1) is 7.11 Å². The number of ether oxygens (including phenoxy) is 1.